The molecule has 0 saturated heterocycles. The van der Waals surface area contributed by atoms with Crippen LogP contribution in [0.3, 0.4) is 0 Å². The van der Waals surface area contributed by atoms with Gasteiger partial charge in [0.05, 0.1) is 18.7 Å². The van der Waals surface area contributed by atoms with Gasteiger partial charge in [-0.05, 0) is 99.5 Å². The molecule has 44 heavy (non-hydrogen) atoms. The number of benzene rings is 2. The number of nitrogens with one attached hydrogen (secondary N) is 2. The molecular formula is C36H51N5O3. The smallest absolute Gasteiger partial charge is 0.275 e. The van der Waals surface area contributed by atoms with Crippen molar-refractivity contribution >= 4 is 23.4 Å². The first-order valence-corrected chi connectivity index (χ1v) is 16.1. The minimum absolute atomic E-state index is 0.000484. The number of rotatable bonds is 11. The van der Waals surface area contributed by atoms with Gasteiger partial charge in [-0.3, -0.25) is 20.0 Å². The van der Waals surface area contributed by atoms with Crippen molar-refractivity contribution in [2.24, 2.45) is 28.0 Å². The molecule has 1 aliphatic carbocycles. The standard InChI is InChI=1S/C36H51N5O3/c1-23(2)25-15-19-36(20-16-25)40-32(28-9-8-10-29(21-28)44-24(3)4)34(43)41(36)30(17-18-35(5,6)7)26-11-13-27(14-12-26)33(42)39-22-31(37)38/h8-14,21,23-25,30H,15-20,22H2,1-7H3,(H3,37,38)(H,39,42). The van der Waals surface area contributed by atoms with E-state index >= 15 is 0 Å². The van der Waals surface area contributed by atoms with Crippen LogP contribution in [0.2, 0.25) is 0 Å². The third-order valence-electron chi connectivity index (χ3n) is 8.92. The number of carbonyl (C=O) groups excluding carboxylic acids is 2. The molecule has 2 aromatic carbocycles. The van der Waals surface area contributed by atoms with Crippen LogP contribution in [0.1, 0.15) is 115 Å². The third-order valence-corrected chi connectivity index (χ3v) is 8.92. The van der Waals surface area contributed by atoms with E-state index < -0.39 is 5.66 Å². The number of hydrogen-bond donors (Lipinski definition) is 3. The molecule has 1 atom stereocenters. The van der Waals surface area contributed by atoms with E-state index in [0.717, 1.165) is 55.4 Å². The van der Waals surface area contributed by atoms with Crippen LogP contribution in [0.25, 0.3) is 0 Å². The first-order valence-electron chi connectivity index (χ1n) is 16.1. The normalized spacial score (nSPS) is 21.1. The summed E-state index contributed by atoms with van der Waals surface area (Å²) in [4.78, 5) is 34.7. The van der Waals surface area contributed by atoms with Crippen molar-refractivity contribution < 1.29 is 14.3 Å². The van der Waals surface area contributed by atoms with Gasteiger partial charge in [-0.15, -0.1) is 0 Å². The van der Waals surface area contributed by atoms with Crippen molar-refractivity contribution in [2.75, 3.05) is 6.54 Å². The van der Waals surface area contributed by atoms with E-state index in [1.54, 1.807) is 12.1 Å². The number of hydrogen-bond acceptors (Lipinski definition) is 5. The van der Waals surface area contributed by atoms with Crippen LogP contribution in [0.4, 0.5) is 0 Å². The molecule has 1 heterocycles. The number of nitrogens with zero attached hydrogens (tertiary/aromatic N) is 2. The Morgan fingerprint density at radius 3 is 2.34 bits per heavy atom. The minimum atomic E-state index is -0.618. The zero-order chi connectivity index (χ0) is 32.2. The largest absolute Gasteiger partial charge is 0.491 e. The summed E-state index contributed by atoms with van der Waals surface area (Å²) in [6.45, 7) is 15.2. The summed E-state index contributed by atoms with van der Waals surface area (Å²) in [5, 5.41) is 10.1. The van der Waals surface area contributed by atoms with Gasteiger partial charge in [-0.1, -0.05) is 58.9 Å². The highest BCUT2D eigenvalue weighted by Gasteiger charge is 2.52. The van der Waals surface area contributed by atoms with E-state index in [2.05, 4.69) is 44.8 Å². The van der Waals surface area contributed by atoms with Gasteiger partial charge < -0.3 is 20.7 Å². The number of nitrogens with two attached hydrogens (primary N) is 1. The maximum Gasteiger partial charge on any atom is 0.275 e. The molecule has 1 aliphatic heterocycles. The van der Waals surface area contributed by atoms with Crippen molar-refractivity contribution in [3.8, 4) is 5.75 Å². The molecule has 8 heteroatoms. The van der Waals surface area contributed by atoms with Crippen LogP contribution in [0, 0.1) is 22.7 Å². The lowest BCUT2D eigenvalue weighted by Gasteiger charge is -2.46. The van der Waals surface area contributed by atoms with Crippen molar-refractivity contribution in [3.05, 3.63) is 65.2 Å². The summed E-state index contributed by atoms with van der Waals surface area (Å²) in [6, 6.07) is 15.1. The Labute approximate surface area is 263 Å². The van der Waals surface area contributed by atoms with E-state index in [1.165, 1.54) is 0 Å². The zero-order valence-corrected chi connectivity index (χ0v) is 27.6. The molecule has 0 bridgehead atoms. The van der Waals surface area contributed by atoms with Gasteiger partial charge in [-0.2, -0.15) is 0 Å². The SMILES string of the molecule is CC(C)Oc1cccc(C2=NC3(CCC(C(C)C)CC3)N(C(CCC(C)(C)C)c3ccc(C(=O)NCC(=N)N)cc3)C2=O)c1. The van der Waals surface area contributed by atoms with Crippen LogP contribution in [0.15, 0.2) is 53.5 Å². The Morgan fingerprint density at radius 2 is 1.77 bits per heavy atom. The van der Waals surface area contributed by atoms with E-state index in [-0.39, 0.29) is 41.8 Å². The number of amides is 2. The van der Waals surface area contributed by atoms with Gasteiger partial charge in [0.15, 0.2) is 0 Å². The summed E-state index contributed by atoms with van der Waals surface area (Å²) >= 11 is 0. The molecule has 2 amide bonds. The Kier molecular flexibility index (Phi) is 10.2. The minimum Gasteiger partial charge on any atom is -0.491 e. The molecule has 8 nitrogen and oxygen atoms in total. The van der Waals surface area contributed by atoms with E-state index in [1.807, 2.05) is 50.2 Å². The van der Waals surface area contributed by atoms with Crippen molar-refractivity contribution in [1.29, 1.82) is 5.41 Å². The van der Waals surface area contributed by atoms with Gasteiger partial charge in [0.1, 0.15) is 23.0 Å². The van der Waals surface area contributed by atoms with Crippen LogP contribution >= 0.6 is 0 Å². The number of carbonyl (C=O) groups is 2. The average Bonchev–Trinajstić information content (AvgIpc) is 3.22. The highest BCUT2D eigenvalue weighted by atomic mass is 16.5. The fourth-order valence-corrected chi connectivity index (χ4v) is 6.49. The van der Waals surface area contributed by atoms with Gasteiger partial charge >= 0.3 is 0 Å². The molecule has 4 N–H and O–H groups in total. The average molecular weight is 602 g/mol. The Bertz CT molecular complexity index is 1360. The predicted octanol–water partition coefficient (Wildman–Crippen LogP) is 6.88. The topological polar surface area (TPSA) is 121 Å². The quantitative estimate of drug-likeness (QED) is 0.192. The molecule has 1 saturated carbocycles. The maximum atomic E-state index is 14.7. The highest BCUT2D eigenvalue weighted by molar-refractivity contribution is 6.46. The molecular weight excluding hydrogens is 550 g/mol. The van der Waals surface area contributed by atoms with Gasteiger partial charge in [0.25, 0.3) is 11.8 Å². The van der Waals surface area contributed by atoms with E-state index in [9.17, 15) is 9.59 Å². The van der Waals surface area contributed by atoms with Crippen LogP contribution in [-0.2, 0) is 4.79 Å². The Morgan fingerprint density at radius 1 is 1.11 bits per heavy atom. The summed E-state index contributed by atoms with van der Waals surface area (Å²) in [6.07, 6.45) is 5.41. The summed E-state index contributed by atoms with van der Waals surface area (Å²) in [7, 11) is 0. The fourth-order valence-electron chi connectivity index (χ4n) is 6.49. The fraction of sp³-hybridized carbons (Fsp3) is 0.556. The third kappa shape index (κ3) is 7.88. The van der Waals surface area contributed by atoms with Crippen LogP contribution < -0.4 is 15.8 Å². The monoisotopic (exact) mass is 601 g/mol. The molecule has 0 radical (unpaired) electrons. The van der Waals surface area contributed by atoms with Gasteiger partial charge in [-0.25, -0.2) is 0 Å². The van der Waals surface area contributed by atoms with E-state index in [4.69, 9.17) is 20.9 Å². The lowest BCUT2D eigenvalue weighted by atomic mass is 9.75. The lowest BCUT2D eigenvalue weighted by Crippen LogP contribution is -2.51. The molecule has 1 unspecified atom stereocenters. The summed E-state index contributed by atoms with van der Waals surface area (Å²) in [5.74, 6) is 1.50. The Balaban J connectivity index is 1.75. The molecule has 2 aliphatic rings. The number of aliphatic imine (C=N–C) groups is 1. The van der Waals surface area contributed by atoms with E-state index in [0.29, 0.717) is 23.1 Å². The number of amidine groups is 1. The van der Waals surface area contributed by atoms with Crippen LogP contribution in [-0.4, -0.2) is 46.6 Å². The van der Waals surface area contributed by atoms with Crippen molar-refractivity contribution in [3.63, 3.8) is 0 Å². The maximum absolute atomic E-state index is 14.7. The molecule has 1 spiro atoms. The Hall–Kier alpha value is -3.68. The second-order valence-electron chi connectivity index (χ2n) is 14.3. The molecule has 2 aromatic rings. The lowest BCUT2D eigenvalue weighted by molar-refractivity contribution is -0.133. The second kappa shape index (κ2) is 13.5. The highest BCUT2D eigenvalue weighted by Crippen LogP contribution is 2.48. The molecule has 1 fully saturated rings. The molecule has 4 rings (SSSR count). The summed E-state index contributed by atoms with van der Waals surface area (Å²) in [5.41, 5.74) is 7.64. The molecule has 238 valence electrons. The zero-order valence-electron chi connectivity index (χ0n) is 27.6. The second-order valence-corrected chi connectivity index (χ2v) is 14.3. The first-order chi connectivity index (χ1) is 20.7. The first kappa shape index (κ1) is 33.2. The molecule has 0 aromatic heterocycles. The number of ether oxygens (including phenoxy) is 1. The summed E-state index contributed by atoms with van der Waals surface area (Å²) < 4.78 is 5.98. The van der Waals surface area contributed by atoms with Gasteiger partial charge in [0.2, 0.25) is 0 Å². The van der Waals surface area contributed by atoms with Crippen molar-refractivity contribution in [1.82, 2.24) is 10.2 Å². The van der Waals surface area contributed by atoms with Gasteiger partial charge in [0, 0.05) is 11.1 Å². The van der Waals surface area contributed by atoms with Crippen molar-refractivity contribution in [2.45, 2.75) is 105 Å². The predicted molar refractivity (Wildman–Crippen MR) is 177 cm³/mol. The van der Waals surface area contributed by atoms with Crippen LogP contribution in [0.5, 0.6) is 5.75 Å².